The quantitative estimate of drug-likeness (QED) is 0.835. The Morgan fingerprint density at radius 2 is 1.86 bits per heavy atom. The highest BCUT2D eigenvalue weighted by atomic mass is 32.2. The molecule has 1 saturated carbocycles. The molecule has 1 aliphatic carbocycles. The lowest BCUT2D eigenvalue weighted by Gasteiger charge is -2.21. The zero-order valence-electron chi connectivity index (χ0n) is 12.4. The van der Waals surface area contributed by atoms with Crippen LogP contribution in [0.3, 0.4) is 0 Å². The van der Waals surface area contributed by atoms with Gasteiger partial charge in [-0.15, -0.1) is 11.8 Å². The molecular formula is C17H22N2OS. The Labute approximate surface area is 130 Å². The predicted octanol–water partition coefficient (Wildman–Crippen LogP) is 3.58. The van der Waals surface area contributed by atoms with Crippen LogP contribution in [-0.4, -0.2) is 24.2 Å². The second kappa shape index (κ2) is 6.67. The second-order valence-corrected chi connectivity index (χ2v) is 7.21. The van der Waals surface area contributed by atoms with Crippen molar-refractivity contribution < 1.29 is 4.79 Å². The molecule has 21 heavy (non-hydrogen) atoms. The summed E-state index contributed by atoms with van der Waals surface area (Å²) in [6.45, 7) is 3.59. The fourth-order valence-corrected chi connectivity index (χ4v) is 3.96. The molecule has 0 aromatic heterocycles. The van der Waals surface area contributed by atoms with E-state index in [0.29, 0.717) is 0 Å². The Morgan fingerprint density at radius 3 is 2.43 bits per heavy atom. The number of rotatable bonds is 4. The number of carbonyl (C=O) groups excluding carboxylic acids is 1. The SMILES string of the molecule is CC(C(=O)Nc1ccc(SC2CCCC2)cc1)=C1CNC1. The number of nitrogens with one attached hydrogen (secondary N) is 2. The van der Waals surface area contributed by atoms with Crippen LogP contribution in [-0.2, 0) is 4.79 Å². The van der Waals surface area contributed by atoms with E-state index in [1.165, 1.54) is 36.2 Å². The highest BCUT2D eigenvalue weighted by molar-refractivity contribution is 8.00. The summed E-state index contributed by atoms with van der Waals surface area (Å²) in [6, 6.07) is 8.25. The molecule has 1 saturated heterocycles. The van der Waals surface area contributed by atoms with Gasteiger partial charge >= 0.3 is 0 Å². The summed E-state index contributed by atoms with van der Waals surface area (Å²) in [7, 11) is 0. The lowest BCUT2D eigenvalue weighted by Crippen LogP contribution is -2.36. The van der Waals surface area contributed by atoms with Crippen molar-refractivity contribution in [3.05, 3.63) is 35.4 Å². The minimum Gasteiger partial charge on any atom is -0.322 e. The summed E-state index contributed by atoms with van der Waals surface area (Å²) >= 11 is 1.97. The van der Waals surface area contributed by atoms with Crippen molar-refractivity contribution in [2.45, 2.75) is 42.8 Å². The third-order valence-corrected chi connectivity index (χ3v) is 5.61. The first-order chi connectivity index (χ1) is 10.2. The van der Waals surface area contributed by atoms with E-state index in [9.17, 15) is 4.79 Å². The fourth-order valence-electron chi connectivity index (χ4n) is 2.72. The maximum atomic E-state index is 12.1. The number of hydrogen-bond donors (Lipinski definition) is 2. The summed E-state index contributed by atoms with van der Waals surface area (Å²) in [5.74, 6) is 0.0164. The van der Waals surface area contributed by atoms with Crippen LogP contribution in [0.15, 0.2) is 40.3 Å². The first-order valence-corrected chi connectivity index (χ1v) is 8.58. The maximum Gasteiger partial charge on any atom is 0.251 e. The minimum atomic E-state index is 0.0164. The lowest BCUT2D eigenvalue weighted by atomic mass is 10.0. The van der Waals surface area contributed by atoms with E-state index >= 15 is 0 Å². The van der Waals surface area contributed by atoms with Crippen LogP contribution in [0.4, 0.5) is 5.69 Å². The molecule has 0 atom stereocenters. The monoisotopic (exact) mass is 302 g/mol. The van der Waals surface area contributed by atoms with Crippen molar-refractivity contribution in [2.75, 3.05) is 18.4 Å². The van der Waals surface area contributed by atoms with Gasteiger partial charge in [0.25, 0.3) is 5.91 Å². The third kappa shape index (κ3) is 3.69. The van der Waals surface area contributed by atoms with E-state index in [4.69, 9.17) is 0 Å². The van der Waals surface area contributed by atoms with Crippen LogP contribution in [0.2, 0.25) is 0 Å². The van der Waals surface area contributed by atoms with Crippen LogP contribution >= 0.6 is 11.8 Å². The van der Waals surface area contributed by atoms with Crippen LogP contribution < -0.4 is 10.6 Å². The number of thioether (sulfide) groups is 1. The molecule has 2 fully saturated rings. The standard InChI is InChI=1S/C17H22N2OS/c1-12(13-10-18-11-13)17(20)19-14-6-8-16(9-7-14)21-15-4-2-3-5-15/h6-9,15,18H,2-5,10-11H2,1H3,(H,19,20). The van der Waals surface area contributed by atoms with Gasteiger partial charge in [-0.05, 0) is 49.6 Å². The van der Waals surface area contributed by atoms with Crippen LogP contribution in [0, 0.1) is 0 Å². The van der Waals surface area contributed by atoms with E-state index in [-0.39, 0.29) is 5.91 Å². The first-order valence-electron chi connectivity index (χ1n) is 7.70. The summed E-state index contributed by atoms with van der Waals surface area (Å²) in [5, 5.41) is 6.92. The van der Waals surface area contributed by atoms with Gasteiger partial charge in [0.1, 0.15) is 0 Å². The largest absolute Gasteiger partial charge is 0.322 e. The van der Waals surface area contributed by atoms with Gasteiger partial charge in [-0.1, -0.05) is 12.8 Å². The Kier molecular flexibility index (Phi) is 4.66. The zero-order valence-corrected chi connectivity index (χ0v) is 13.3. The van der Waals surface area contributed by atoms with Crippen molar-refractivity contribution in [3.63, 3.8) is 0 Å². The average Bonchev–Trinajstić information content (AvgIpc) is 2.92. The van der Waals surface area contributed by atoms with Gasteiger partial charge in [-0.2, -0.15) is 0 Å². The minimum absolute atomic E-state index is 0.0164. The smallest absolute Gasteiger partial charge is 0.251 e. The molecule has 2 aliphatic rings. The molecule has 0 unspecified atom stereocenters. The van der Waals surface area contributed by atoms with Crippen molar-refractivity contribution in [1.29, 1.82) is 0 Å². The molecule has 3 nitrogen and oxygen atoms in total. The van der Waals surface area contributed by atoms with Crippen molar-refractivity contribution >= 4 is 23.4 Å². The molecule has 0 spiro atoms. The third-order valence-electron chi connectivity index (χ3n) is 4.26. The molecule has 112 valence electrons. The number of benzene rings is 1. The topological polar surface area (TPSA) is 41.1 Å². The normalized spacial score (nSPS) is 18.4. The second-order valence-electron chi connectivity index (χ2n) is 5.83. The number of hydrogen-bond acceptors (Lipinski definition) is 3. The van der Waals surface area contributed by atoms with Crippen LogP contribution in [0.1, 0.15) is 32.6 Å². The average molecular weight is 302 g/mol. The molecule has 0 radical (unpaired) electrons. The fraction of sp³-hybridized carbons (Fsp3) is 0.471. The highest BCUT2D eigenvalue weighted by Crippen LogP contribution is 2.34. The van der Waals surface area contributed by atoms with E-state index in [1.807, 2.05) is 30.8 Å². The van der Waals surface area contributed by atoms with E-state index in [0.717, 1.165) is 29.6 Å². The van der Waals surface area contributed by atoms with Crippen LogP contribution in [0.5, 0.6) is 0 Å². The first kappa shape index (κ1) is 14.7. The van der Waals surface area contributed by atoms with E-state index < -0.39 is 0 Å². The molecule has 1 heterocycles. The molecule has 1 amide bonds. The maximum absolute atomic E-state index is 12.1. The molecule has 0 bridgehead atoms. The predicted molar refractivity (Wildman–Crippen MR) is 88.8 cm³/mol. The Balaban J connectivity index is 1.57. The Hall–Kier alpha value is -1.26. The zero-order chi connectivity index (χ0) is 14.7. The summed E-state index contributed by atoms with van der Waals surface area (Å²) in [6.07, 6.45) is 5.41. The van der Waals surface area contributed by atoms with E-state index in [2.05, 4.69) is 22.8 Å². The van der Waals surface area contributed by atoms with Crippen LogP contribution in [0.25, 0.3) is 0 Å². The van der Waals surface area contributed by atoms with E-state index in [1.54, 1.807) is 0 Å². The molecular weight excluding hydrogens is 280 g/mol. The van der Waals surface area contributed by atoms with Crippen molar-refractivity contribution in [3.8, 4) is 0 Å². The van der Waals surface area contributed by atoms with Gasteiger partial charge in [0.15, 0.2) is 0 Å². The molecule has 1 aromatic carbocycles. The summed E-state index contributed by atoms with van der Waals surface area (Å²) in [5.41, 5.74) is 2.93. The number of carbonyl (C=O) groups is 1. The molecule has 1 aromatic rings. The molecule has 4 heteroatoms. The Morgan fingerprint density at radius 1 is 1.19 bits per heavy atom. The molecule has 2 N–H and O–H groups in total. The van der Waals surface area contributed by atoms with Gasteiger partial charge in [0, 0.05) is 34.5 Å². The van der Waals surface area contributed by atoms with Crippen molar-refractivity contribution in [2.24, 2.45) is 0 Å². The van der Waals surface area contributed by atoms with Gasteiger partial charge in [-0.3, -0.25) is 4.79 Å². The number of amides is 1. The van der Waals surface area contributed by atoms with Gasteiger partial charge in [0.2, 0.25) is 0 Å². The summed E-state index contributed by atoms with van der Waals surface area (Å²) < 4.78 is 0. The molecule has 3 rings (SSSR count). The van der Waals surface area contributed by atoms with Gasteiger partial charge < -0.3 is 10.6 Å². The Bertz CT molecular complexity index is 538. The lowest BCUT2D eigenvalue weighted by molar-refractivity contribution is -0.112. The van der Waals surface area contributed by atoms with Gasteiger partial charge in [0.05, 0.1) is 0 Å². The highest BCUT2D eigenvalue weighted by Gasteiger charge is 2.17. The van der Waals surface area contributed by atoms with Crippen molar-refractivity contribution in [1.82, 2.24) is 5.32 Å². The molecule has 1 aliphatic heterocycles. The van der Waals surface area contributed by atoms with Gasteiger partial charge in [-0.25, -0.2) is 0 Å². The summed E-state index contributed by atoms with van der Waals surface area (Å²) in [4.78, 5) is 13.4. The number of anilines is 1.